The molecule has 6 nitrogen and oxygen atoms in total. The molecular weight excluding hydrogens is 230 g/mol. The van der Waals surface area contributed by atoms with E-state index in [1.807, 2.05) is 0 Å². The average molecular weight is 238 g/mol. The molecule has 0 atom stereocenters. The summed E-state index contributed by atoms with van der Waals surface area (Å²) < 4.78 is 1.15. The summed E-state index contributed by atoms with van der Waals surface area (Å²) in [6.07, 6.45) is 0. The average Bonchev–Trinajstić information content (AvgIpc) is 2.19. The molecule has 2 aromatic rings. The van der Waals surface area contributed by atoms with Crippen LogP contribution in [0.5, 0.6) is 0 Å². The maximum absolute atomic E-state index is 11.6. The quantitative estimate of drug-likeness (QED) is 0.750. The van der Waals surface area contributed by atoms with Crippen LogP contribution in [0.2, 0.25) is 5.02 Å². The summed E-state index contributed by atoms with van der Waals surface area (Å²) in [7, 11) is 0. The number of nitrogen functional groups attached to an aromatic ring is 2. The van der Waals surface area contributed by atoms with Crippen molar-refractivity contribution in [3.05, 3.63) is 39.8 Å². The van der Waals surface area contributed by atoms with E-state index in [4.69, 9.17) is 23.1 Å². The molecule has 4 N–H and O–H groups in total. The monoisotopic (exact) mass is 237 g/mol. The first-order valence-corrected chi connectivity index (χ1v) is 4.74. The lowest BCUT2D eigenvalue weighted by molar-refractivity contribution is 0.885. The first kappa shape index (κ1) is 10.4. The van der Waals surface area contributed by atoms with Gasteiger partial charge in [0, 0.05) is 5.02 Å². The van der Waals surface area contributed by atoms with Gasteiger partial charge in [-0.15, -0.1) is 0 Å². The highest BCUT2D eigenvalue weighted by Gasteiger charge is 2.07. The molecule has 0 bridgehead atoms. The van der Waals surface area contributed by atoms with Crippen LogP contribution in [0.15, 0.2) is 29.1 Å². The van der Waals surface area contributed by atoms with Gasteiger partial charge in [-0.2, -0.15) is 9.97 Å². The minimum Gasteiger partial charge on any atom is -0.369 e. The van der Waals surface area contributed by atoms with E-state index in [1.165, 1.54) is 0 Å². The van der Waals surface area contributed by atoms with Gasteiger partial charge in [-0.25, -0.2) is 9.36 Å². The van der Waals surface area contributed by atoms with Gasteiger partial charge in [0.25, 0.3) is 0 Å². The number of benzene rings is 1. The van der Waals surface area contributed by atoms with Crippen molar-refractivity contribution in [2.24, 2.45) is 0 Å². The van der Waals surface area contributed by atoms with Gasteiger partial charge >= 0.3 is 5.69 Å². The number of nitrogens with zero attached hydrogens (tertiary/aromatic N) is 3. The molecule has 0 radical (unpaired) electrons. The Morgan fingerprint density at radius 1 is 1.12 bits per heavy atom. The predicted octanol–water partition coefficient (Wildman–Crippen LogP) is 0.445. The van der Waals surface area contributed by atoms with Crippen molar-refractivity contribution in [2.75, 3.05) is 11.5 Å². The fourth-order valence-corrected chi connectivity index (χ4v) is 1.40. The van der Waals surface area contributed by atoms with E-state index < -0.39 is 5.69 Å². The summed E-state index contributed by atoms with van der Waals surface area (Å²) in [6.45, 7) is 0. The van der Waals surface area contributed by atoms with Crippen LogP contribution in [0.1, 0.15) is 0 Å². The second-order valence-corrected chi connectivity index (χ2v) is 3.47. The van der Waals surface area contributed by atoms with Crippen LogP contribution in [0.25, 0.3) is 5.69 Å². The van der Waals surface area contributed by atoms with Crippen LogP contribution < -0.4 is 17.2 Å². The smallest absolute Gasteiger partial charge is 0.358 e. The summed E-state index contributed by atoms with van der Waals surface area (Å²) >= 11 is 5.73. The highest BCUT2D eigenvalue weighted by atomic mass is 35.5. The molecule has 0 spiro atoms. The van der Waals surface area contributed by atoms with E-state index in [-0.39, 0.29) is 11.9 Å². The van der Waals surface area contributed by atoms with Crippen molar-refractivity contribution < 1.29 is 0 Å². The van der Waals surface area contributed by atoms with Gasteiger partial charge < -0.3 is 11.5 Å². The molecule has 16 heavy (non-hydrogen) atoms. The number of nitrogens with two attached hydrogens (primary N) is 2. The van der Waals surface area contributed by atoms with Gasteiger partial charge in [0.15, 0.2) is 0 Å². The molecule has 1 aromatic carbocycles. The maximum atomic E-state index is 11.6. The number of aromatic nitrogens is 3. The molecule has 2 rings (SSSR count). The molecule has 0 amide bonds. The van der Waals surface area contributed by atoms with Crippen molar-refractivity contribution in [1.29, 1.82) is 0 Å². The lowest BCUT2D eigenvalue weighted by atomic mass is 10.3. The molecule has 1 aromatic heterocycles. The van der Waals surface area contributed by atoms with Crippen LogP contribution in [0.3, 0.4) is 0 Å². The summed E-state index contributed by atoms with van der Waals surface area (Å²) in [5.41, 5.74) is 10.8. The Bertz CT molecular complexity index is 577. The van der Waals surface area contributed by atoms with E-state index >= 15 is 0 Å². The molecule has 0 aliphatic carbocycles. The molecule has 0 aliphatic rings. The molecule has 0 unspecified atom stereocenters. The Labute approximate surface area is 95.5 Å². The van der Waals surface area contributed by atoms with Crippen LogP contribution in [0, 0.1) is 0 Å². The van der Waals surface area contributed by atoms with Crippen molar-refractivity contribution in [2.45, 2.75) is 0 Å². The highest BCUT2D eigenvalue weighted by Crippen LogP contribution is 2.13. The van der Waals surface area contributed by atoms with E-state index in [2.05, 4.69) is 9.97 Å². The van der Waals surface area contributed by atoms with Crippen LogP contribution in [-0.2, 0) is 0 Å². The van der Waals surface area contributed by atoms with Crippen molar-refractivity contribution in [3.8, 4) is 5.69 Å². The third-order valence-electron chi connectivity index (χ3n) is 1.94. The van der Waals surface area contributed by atoms with Crippen molar-refractivity contribution in [3.63, 3.8) is 0 Å². The molecule has 0 saturated carbocycles. The number of halogens is 1. The van der Waals surface area contributed by atoms with Crippen LogP contribution in [-0.4, -0.2) is 14.5 Å². The molecular formula is C9H8ClN5O. The van der Waals surface area contributed by atoms with Gasteiger partial charge in [-0.1, -0.05) is 11.6 Å². The Balaban J connectivity index is 2.65. The Morgan fingerprint density at radius 3 is 2.31 bits per heavy atom. The number of hydrogen-bond donors (Lipinski definition) is 2. The Morgan fingerprint density at radius 2 is 1.75 bits per heavy atom. The minimum atomic E-state index is -0.577. The zero-order valence-electron chi connectivity index (χ0n) is 8.09. The lowest BCUT2D eigenvalue weighted by Gasteiger charge is -2.07. The molecule has 82 valence electrons. The minimum absolute atomic E-state index is 0.0141. The van der Waals surface area contributed by atoms with Crippen LogP contribution >= 0.6 is 11.6 Å². The second kappa shape index (κ2) is 3.82. The third kappa shape index (κ3) is 1.82. The normalized spacial score (nSPS) is 10.3. The fraction of sp³-hybridized carbons (Fsp3) is 0. The highest BCUT2D eigenvalue weighted by molar-refractivity contribution is 6.30. The van der Waals surface area contributed by atoms with E-state index in [1.54, 1.807) is 24.3 Å². The number of rotatable bonds is 1. The van der Waals surface area contributed by atoms with Crippen molar-refractivity contribution in [1.82, 2.24) is 14.5 Å². The molecule has 0 aliphatic heterocycles. The Kier molecular flexibility index (Phi) is 2.49. The zero-order valence-corrected chi connectivity index (χ0v) is 8.85. The molecule has 1 heterocycles. The standard InChI is InChI=1S/C9H8ClN5O/c10-5-1-3-6(4-2-5)15-8(12)13-7(11)14-9(15)16/h1-4H,(H4,11,12,13,14,16). The zero-order chi connectivity index (χ0) is 11.7. The first-order chi connectivity index (χ1) is 7.58. The second-order valence-electron chi connectivity index (χ2n) is 3.03. The van der Waals surface area contributed by atoms with E-state index in [0.717, 1.165) is 4.57 Å². The summed E-state index contributed by atoms with van der Waals surface area (Å²) in [6, 6.07) is 6.55. The predicted molar refractivity (Wildman–Crippen MR) is 61.5 cm³/mol. The molecule has 0 saturated heterocycles. The first-order valence-electron chi connectivity index (χ1n) is 4.36. The van der Waals surface area contributed by atoms with Crippen LogP contribution in [0.4, 0.5) is 11.9 Å². The lowest BCUT2D eigenvalue weighted by Crippen LogP contribution is -2.26. The maximum Gasteiger partial charge on any atom is 0.358 e. The summed E-state index contributed by atoms with van der Waals surface area (Å²) in [5.74, 6) is -0.160. The molecule has 7 heteroatoms. The molecule has 0 fully saturated rings. The van der Waals surface area contributed by atoms with Crippen molar-refractivity contribution >= 4 is 23.5 Å². The Hall–Kier alpha value is -2.08. The SMILES string of the molecule is Nc1nc(N)n(-c2ccc(Cl)cc2)c(=O)n1. The summed E-state index contributed by atoms with van der Waals surface area (Å²) in [5, 5.41) is 0.562. The van der Waals surface area contributed by atoms with E-state index in [0.29, 0.717) is 10.7 Å². The van der Waals surface area contributed by atoms with Gasteiger partial charge in [-0.3, -0.25) is 0 Å². The third-order valence-corrected chi connectivity index (χ3v) is 2.20. The van der Waals surface area contributed by atoms with Gasteiger partial charge in [0.05, 0.1) is 5.69 Å². The van der Waals surface area contributed by atoms with Gasteiger partial charge in [0.2, 0.25) is 11.9 Å². The number of anilines is 2. The van der Waals surface area contributed by atoms with Gasteiger partial charge in [-0.05, 0) is 24.3 Å². The summed E-state index contributed by atoms with van der Waals surface area (Å²) in [4.78, 5) is 18.8. The van der Waals surface area contributed by atoms with Gasteiger partial charge in [0.1, 0.15) is 0 Å². The fourth-order valence-electron chi connectivity index (χ4n) is 1.27. The van der Waals surface area contributed by atoms with E-state index in [9.17, 15) is 4.79 Å². The number of hydrogen-bond acceptors (Lipinski definition) is 5. The topological polar surface area (TPSA) is 99.8 Å². The largest absolute Gasteiger partial charge is 0.369 e.